The molecule has 1 aromatic carbocycles. The van der Waals surface area contributed by atoms with E-state index in [0.717, 1.165) is 67.8 Å². The number of thioether (sulfide) groups is 1. The lowest BCUT2D eigenvalue weighted by Crippen LogP contribution is -2.23. The Balaban J connectivity index is 1.37. The molecular formula is C26H30N6O2S. The lowest BCUT2D eigenvalue weighted by Gasteiger charge is -2.19. The lowest BCUT2D eigenvalue weighted by atomic mass is 9.95. The minimum atomic E-state index is -0.160. The summed E-state index contributed by atoms with van der Waals surface area (Å²) in [4.78, 5) is 13.1. The quantitative estimate of drug-likeness (QED) is 0.495. The smallest absolute Gasteiger partial charge is 0.235 e. The van der Waals surface area contributed by atoms with Crippen molar-refractivity contribution in [1.29, 1.82) is 5.26 Å². The van der Waals surface area contributed by atoms with Crippen LogP contribution in [0, 0.1) is 25.2 Å². The number of carbonyl (C=O) groups excluding carboxylic acids is 1. The Kier molecular flexibility index (Phi) is 6.93. The summed E-state index contributed by atoms with van der Waals surface area (Å²) >= 11 is 1.35. The summed E-state index contributed by atoms with van der Waals surface area (Å²) in [6.07, 6.45) is 6.17. The molecule has 8 nitrogen and oxygen atoms in total. The average Bonchev–Trinajstić information content (AvgIpc) is 3.57. The molecule has 9 heteroatoms. The zero-order valence-electron chi connectivity index (χ0n) is 20.2. The zero-order valence-corrected chi connectivity index (χ0v) is 21.0. The van der Waals surface area contributed by atoms with Crippen molar-refractivity contribution in [3.63, 3.8) is 0 Å². The van der Waals surface area contributed by atoms with E-state index in [2.05, 4.69) is 26.2 Å². The number of anilines is 1. The van der Waals surface area contributed by atoms with Crippen LogP contribution >= 0.6 is 11.8 Å². The van der Waals surface area contributed by atoms with Gasteiger partial charge in [-0.1, -0.05) is 30.0 Å². The number of rotatable bonds is 7. The number of para-hydroxylation sites is 1. The van der Waals surface area contributed by atoms with Crippen LogP contribution < -0.4 is 5.32 Å². The number of nitriles is 1. The molecule has 0 bridgehead atoms. The highest BCUT2D eigenvalue weighted by atomic mass is 32.2. The van der Waals surface area contributed by atoms with Crippen LogP contribution in [-0.2, 0) is 28.9 Å². The third-order valence-electron chi connectivity index (χ3n) is 6.84. The molecule has 0 saturated carbocycles. The van der Waals surface area contributed by atoms with Gasteiger partial charge in [0.05, 0.1) is 29.7 Å². The van der Waals surface area contributed by atoms with E-state index in [-0.39, 0.29) is 17.8 Å². The van der Waals surface area contributed by atoms with Gasteiger partial charge in [-0.25, -0.2) is 0 Å². The Labute approximate surface area is 209 Å². The van der Waals surface area contributed by atoms with E-state index < -0.39 is 0 Å². The first-order valence-corrected chi connectivity index (χ1v) is 13.2. The maximum atomic E-state index is 13.1. The Morgan fingerprint density at radius 3 is 2.83 bits per heavy atom. The molecule has 1 aliphatic carbocycles. The highest BCUT2D eigenvalue weighted by Gasteiger charge is 2.28. The summed E-state index contributed by atoms with van der Waals surface area (Å²) in [6, 6.07) is 10.4. The van der Waals surface area contributed by atoms with Gasteiger partial charge in [-0.15, -0.1) is 10.2 Å². The third kappa shape index (κ3) is 4.73. The Morgan fingerprint density at radius 1 is 1.23 bits per heavy atom. The molecule has 2 aromatic heterocycles. The van der Waals surface area contributed by atoms with Crippen molar-refractivity contribution < 1.29 is 9.53 Å². The van der Waals surface area contributed by atoms with E-state index in [0.29, 0.717) is 23.1 Å². The monoisotopic (exact) mass is 490 g/mol. The molecule has 0 spiro atoms. The molecule has 1 unspecified atom stereocenters. The van der Waals surface area contributed by atoms with Crippen LogP contribution in [0.25, 0.3) is 5.69 Å². The first-order valence-electron chi connectivity index (χ1n) is 12.2. The zero-order chi connectivity index (χ0) is 24.4. The average molecular weight is 491 g/mol. The van der Waals surface area contributed by atoms with Gasteiger partial charge >= 0.3 is 0 Å². The summed E-state index contributed by atoms with van der Waals surface area (Å²) in [5.74, 6) is 1.40. The second-order valence-corrected chi connectivity index (χ2v) is 10.1. The fourth-order valence-electron chi connectivity index (χ4n) is 5.14. The highest BCUT2D eigenvalue weighted by Crippen LogP contribution is 2.34. The van der Waals surface area contributed by atoms with Crippen molar-refractivity contribution in [3.8, 4) is 11.8 Å². The number of fused-ring (bicyclic) bond motifs is 1. The minimum Gasteiger partial charge on any atom is -0.376 e. The molecule has 2 aliphatic rings. The maximum Gasteiger partial charge on any atom is 0.235 e. The van der Waals surface area contributed by atoms with Gasteiger partial charge in [-0.3, -0.25) is 9.36 Å². The predicted octanol–water partition coefficient (Wildman–Crippen LogP) is 4.35. The maximum absolute atomic E-state index is 13.1. The highest BCUT2D eigenvalue weighted by molar-refractivity contribution is 7.99. The van der Waals surface area contributed by atoms with E-state index >= 15 is 0 Å². The molecule has 1 atom stereocenters. The van der Waals surface area contributed by atoms with Crippen molar-refractivity contribution in [3.05, 3.63) is 52.5 Å². The number of nitrogens with one attached hydrogen (secondary N) is 1. The van der Waals surface area contributed by atoms with Gasteiger partial charge in [0, 0.05) is 12.3 Å². The van der Waals surface area contributed by atoms with Gasteiger partial charge in [0.2, 0.25) is 5.91 Å². The normalized spacial score (nSPS) is 17.2. The van der Waals surface area contributed by atoms with Crippen molar-refractivity contribution in [2.75, 3.05) is 17.7 Å². The first kappa shape index (κ1) is 23.6. The lowest BCUT2D eigenvalue weighted by molar-refractivity contribution is -0.113. The van der Waals surface area contributed by atoms with Crippen molar-refractivity contribution in [2.45, 2.75) is 70.2 Å². The standard InChI is InChI=1S/C26H30N6O2S/c1-17-8-3-5-11-22(17)32-18(2)29-30-26(32)35-16-24(33)28-25-21(14-27)20-10-4-6-12-23(20)31(25)15-19-9-7-13-34-19/h3,5,8,11,19H,4,6-7,9-10,12-13,15-16H2,1-2H3,(H,28,33). The number of ether oxygens (including phenoxy) is 1. The fourth-order valence-corrected chi connectivity index (χ4v) is 5.93. The first-order chi connectivity index (χ1) is 17.1. The number of aromatic nitrogens is 4. The van der Waals surface area contributed by atoms with E-state index in [1.165, 1.54) is 17.5 Å². The number of nitrogens with zero attached hydrogens (tertiary/aromatic N) is 5. The topological polar surface area (TPSA) is 97.8 Å². The van der Waals surface area contributed by atoms with E-state index in [9.17, 15) is 10.1 Å². The van der Waals surface area contributed by atoms with Gasteiger partial charge < -0.3 is 14.6 Å². The number of aryl methyl sites for hydroxylation is 2. The molecule has 1 fully saturated rings. The van der Waals surface area contributed by atoms with Gasteiger partial charge in [0.25, 0.3) is 0 Å². The third-order valence-corrected chi connectivity index (χ3v) is 7.77. The van der Waals surface area contributed by atoms with Crippen molar-refractivity contribution in [1.82, 2.24) is 19.3 Å². The molecule has 35 heavy (non-hydrogen) atoms. The number of benzene rings is 1. The van der Waals surface area contributed by atoms with Crippen LogP contribution in [0.4, 0.5) is 5.82 Å². The number of amides is 1. The summed E-state index contributed by atoms with van der Waals surface area (Å²) in [7, 11) is 0. The molecular weight excluding hydrogens is 460 g/mol. The van der Waals surface area contributed by atoms with Gasteiger partial charge in [-0.05, 0) is 69.6 Å². The largest absolute Gasteiger partial charge is 0.376 e. The number of carbonyl (C=O) groups is 1. The second-order valence-electron chi connectivity index (χ2n) is 9.20. The van der Waals surface area contributed by atoms with Crippen LogP contribution in [0.1, 0.15) is 53.9 Å². The summed E-state index contributed by atoms with van der Waals surface area (Å²) in [5.41, 5.74) is 4.99. The summed E-state index contributed by atoms with van der Waals surface area (Å²) in [5, 5.41) is 22.3. The fraction of sp³-hybridized carbons (Fsp3) is 0.462. The Morgan fingerprint density at radius 2 is 2.06 bits per heavy atom. The second kappa shape index (κ2) is 10.3. The molecule has 3 aromatic rings. The van der Waals surface area contributed by atoms with E-state index in [1.807, 2.05) is 42.7 Å². The number of hydrogen-bond donors (Lipinski definition) is 1. The molecule has 0 radical (unpaired) electrons. The Bertz CT molecular complexity index is 1280. The van der Waals surface area contributed by atoms with Crippen LogP contribution in [0.5, 0.6) is 0 Å². The van der Waals surface area contributed by atoms with Gasteiger partial charge in [0.1, 0.15) is 17.7 Å². The molecule has 1 amide bonds. The predicted molar refractivity (Wildman–Crippen MR) is 135 cm³/mol. The number of hydrogen-bond acceptors (Lipinski definition) is 6. The molecule has 1 saturated heterocycles. The van der Waals surface area contributed by atoms with Crippen LogP contribution in [0.3, 0.4) is 0 Å². The van der Waals surface area contributed by atoms with E-state index in [1.54, 1.807) is 0 Å². The van der Waals surface area contributed by atoms with Crippen molar-refractivity contribution >= 4 is 23.5 Å². The molecule has 182 valence electrons. The Hall–Kier alpha value is -3.09. The van der Waals surface area contributed by atoms with Crippen LogP contribution in [0.15, 0.2) is 29.4 Å². The van der Waals surface area contributed by atoms with Crippen molar-refractivity contribution in [2.24, 2.45) is 0 Å². The van der Waals surface area contributed by atoms with Crippen LogP contribution in [-0.4, -0.2) is 43.7 Å². The molecule has 1 N–H and O–H groups in total. The van der Waals surface area contributed by atoms with Gasteiger partial charge in [-0.2, -0.15) is 5.26 Å². The van der Waals surface area contributed by atoms with Crippen LogP contribution in [0.2, 0.25) is 0 Å². The molecule has 1 aliphatic heterocycles. The molecule has 3 heterocycles. The van der Waals surface area contributed by atoms with Gasteiger partial charge in [0.15, 0.2) is 5.16 Å². The molecule has 5 rings (SSSR count). The van der Waals surface area contributed by atoms with E-state index in [4.69, 9.17) is 4.74 Å². The minimum absolute atomic E-state index is 0.126. The summed E-state index contributed by atoms with van der Waals surface area (Å²) in [6.45, 7) is 5.40. The summed E-state index contributed by atoms with van der Waals surface area (Å²) < 4.78 is 10.0. The SMILES string of the molecule is Cc1ccccc1-n1c(C)nnc1SCC(=O)Nc1c(C#N)c2c(n1CC1CCCO1)CCCC2.